The van der Waals surface area contributed by atoms with E-state index in [1.807, 2.05) is 6.92 Å². The summed E-state index contributed by atoms with van der Waals surface area (Å²) in [6, 6.07) is 6.22. The lowest BCUT2D eigenvalue weighted by atomic mass is 9.92. The van der Waals surface area contributed by atoms with Crippen molar-refractivity contribution in [2.45, 2.75) is 26.3 Å². The first-order chi connectivity index (χ1) is 13.7. The van der Waals surface area contributed by atoms with Crippen molar-refractivity contribution in [3.63, 3.8) is 0 Å². The number of imide groups is 1. The van der Waals surface area contributed by atoms with E-state index in [2.05, 4.69) is 27.4 Å². The Kier molecular flexibility index (Phi) is 5.64. The van der Waals surface area contributed by atoms with Crippen LogP contribution in [0.25, 0.3) is 0 Å². The minimum absolute atomic E-state index is 0.313. The summed E-state index contributed by atoms with van der Waals surface area (Å²) < 4.78 is 5.55. The highest BCUT2D eigenvalue weighted by Crippen LogP contribution is 2.30. The van der Waals surface area contributed by atoms with E-state index >= 15 is 0 Å². The summed E-state index contributed by atoms with van der Waals surface area (Å²) in [7, 11) is 0. The molecule has 1 aromatic carbocycles. The number of aryl methyl sites for hydroxylation is 1. The first-order valence-electron chi connectivity index (χ1n) is 8.81. The molecule has 1 aliphatic heterocycles. The molecule has 9 nitrogen and oxygen atoms in total. The number of amides is 4. The fourth-order valence-electron chi connectivity index (χ4n) is 2.78. The zero-order chi connectivity index (χ0) is 21.2. The molecule has 1 saturated heterocycles. The van der Waals surface area contributed by atoms with Crippen LogP contribution in [0.3, 0.4) is 0 Å². The van der Waals surface area contributed by atoms with Crippen LogP contribution in [0.15, 0.2) is 36.4 Å². The number of hydrogen-bond acceptors (Lipinski definition) is 7. The van der Waals surface area contributed by atoms with Crippen LogP contribution in [-0.2, 0) is 15.1 Å². The van der Waals surface area contributed by atoms with Gasteiger partial charge in [0, 0.05) is 0 Å². The first kappa shape index (κ1) is 20.5. The van der Waals surface area contributed by atoms with Crippen LogP contribution >= 0.6 is 11.3 Å². The van der Waals surface area contributed by atoms with E-state index < -0.39 is 29.9 Å². The molecular weight excluding hydrogens is 394 g/mol. The lowest BCUT2D eigenvalue weighted by Gasteiger charge is -2.22. The van der Waals surface area contributed by atoms with Crippen molar-refractivity contribution in [3.8, 4) is 5.75 Å². The van der Waals surface area contributed by atoms with Gasteiger partial charge in [-0.05, 0) is 44.0 Å². The number of carbonyl (C=O) groups excluding carboxylic acids is 3. The van der Waals surface area contributed by atoms with Crippen molar-refractivity contribution in [2.75, 3.05) is 18.5 Å². The minimum Gasteiger partial charge on any atom is -0.489 e. The molecule has 2 N–H and O–H groups in total. The summed E-state index contributed by atoms with van der Waals surface area (Å²) in [5, 5.41) is 13.8. The zero-order valence-electron chi connectivity index (χ0n) is 16.3. The molecule has 2 heterocycles. The Hall–Kier alpha value is -3.27. The van der Waals surface area contributed by atoms with Crippen molar-refractivity contribution in [1.82, 2.24) is 20.4 Å². The fourth-order valence-corrected chi connectivity index (χ4v) is 3.38. The molecule has 10 heteroatoms. The number of nitrogens with zero attached hydrogens (tertiary/aromatic N) is 3. The van der Waals surface area contributed by atoms with Crippen molar-refractivity contribution < 1.29 is 19.1 Å². The van der Waals surface area contributed by atoms with Crippen LogP contribution in [0.2, 0.25) is 0 Å². The molecule has 0 spiro atoms. The van der Waals surface area contributed by atoms with Crippen molar-refractivity contribution in [3.05, 3.63) is 47.0 Å². The number of aromatic nitrogens is 2. The molecule has 0 saturated carbocycles. The van der Waals surface area contributed by atoms with Gasteiger partial charge in [0.05, 0.1) is 0 Å². The van der Waals surface area contributed by atoms with Gasteiger partial charge in [-0.2, -0.15) is 0 Å². The lowest BCUT2D eigenvalue weighted by Crippen LogP contribution is -2.42. The number of ether oxygens (including phenoxy) is 1. The maximum absolute atomic E-state index is 12.9. The van der Waals surface area contributed by atoms with Crippen molar-refractivity contribution in [2.24, 2.45) is 0 Å². The standard InChI is InChI=1S/C19H21N5O4S/c1-11(2)10-28-14-7-5-13(6-8-14)19(4)16(26)24(18(27)21-19)9-15(25)20-17-23-22-12(3)29-17/h5-8H,1,9-10H2,2-4H3,(H,21,27)(H,20,23,25). The first-order valence-corrected chi connectivity index (χ1v) is 9.62. The molecule has 4 amide bonds. The Morgan fingerprint density at radius 1 is 1.31 bits per heavy atom. The highest BCUT2D eigenvalue weighted by molar-refractivity contribution is 7.15. The molecule has 1 unspecified atom stereocenters. The molecule has 0 radical (unpaired) electrons. The number of nitrogens with one attached hydrogen (secondary N) is 2. The predicted molar refractivity (Wildman–Crippen MR) is 108 cm³/mol. The van der Waals surface area contributed by atoms with Crippen LogP contribution in [0.1, 0.15) is 24.4 Å². The number of hydrogen-bond donors (Lipinski definition) is 2. The van der Waals surface area contributed by atoms with Gasteiger partial charge >= 0.3 is 6.03 Å². The summed E-state index contributed by atoms with van der Waals surface area (Å²) in [6.45, 7) is 8.97. The molecular formula is C19H21N5O4S. The van der Waals surface area contributed by atoms with Gasteiger partial charge in [-0.3, -0.25) is 19.8 Å². The summed E-state index contributed by atoms with van der Waals surface area (Å²) in [5.41, 5.74) is 0.196. The molecule has 2 aromatic rings. The predicted octanol–water partition coefficient (Wildman–Crippen LogP) is 2.21. The molecule has 152 valence electrons. The Morgan fingerprint density at radius 2 is 2.00 bits per heavy atom. The minimum atomic E-state index is -1.27. The quantitative estimate of drug-likeness (QED) is 0.529. The molecule has 1 aliphatic rings. The number of urea groups is 1. The lowest BCUT2D eigenvalue weighted by molar-refractivity contribution is -0.133. The summed E-state index contributed by atoms with van der Waals surface area (Å²) in [6.07, 6.45) is 0. The van der Waals surface area contributed by atoms with Gasteiger partial charge in [0.25, 0.3) is 5.91 Å². The van der Waals surface area contributed by atoms with Gasteiger partial charge in [-0.1, -0.05) is 30.0 Å². The van der Waals surface area contributed by atoms with Crippen LogP contribution in [0.5, 0.6) is 5.75 Å². The second kappa shape index (κ2) is 8.00. The number of anilines is 1. The monoisotopic (exact) mass is 415 g/mol. The summed E-state index contributed by atoms with van der Waals surface area (Å²) in [5.74, 6) is -0.417. The van der Waals surface area contributed by atoms with Crippen molar-refractivity contribution >= 4 is 34.3 Å². The van der Waals surface area contributed by atoms with Gasteiger partial charge < -0.3 is 10.1 Å². The third-order valence-corrected chi connectivity index (χ3v) is 5.02. The summed E-state index contributed by atoms with van der Waals surface area (Å²) >= 11 is 1.20. The van der Waals surface area contributed by atoms with E-state index in [4.69, 9.17) is 4.74 Å². The molecule has 3 rings (SSSR count). The molecule has 1 fully saturated rings. The number of carbonyl (C=O) groups is 3. The van der Waals surface area contributed by atoms with Gasteiger partial charge in [-0.15, -0.1) is 10.2 Å². The summed E-state index contributed by atoms with van der Waals surface area (Å²) in [4.78, 5) is 38.4. The number of benzene rings is 1. The molecule has 29 heavy (non-hydrogen) atoms. The molecule has 1 atom stereocenters. The molecule has 0 aliphatic carbocycles. The third kappa shape index (κ3) is 4.43. The SMILES string of the molecule is C=C(C)COc1ccc(C2(C)NC(=O)N(CC(=O)Nc3nnc(C)s3)C2=O)cc1. The van der Waals surface area contributed by atoms with E-state index in [9.17, 15) is 14.4 Å². The molecule has 1 aromatic heterocycles. The van der Waals surface area contributed by atoms with Crippen LogP contribution in [-0.4, -0.2) is 46.1 Å². The number of rotatable bonds is 7. The van der Waals surface area contributed by atoms with Gasteiger partial charge in [-0.25, -0.2) is 4.79 Å². The second-order valence-corrected chi connectivity index (χ2v) is 8.07. The van der Waals surface area contributed by atoms with Crippen LogP contribution in [0, 0.1) is 6.92 Å². The Bertz CT molecular complexity index is 971. The second-order valence-electron chi connectivity index (χ2n) is 6.89. The maximum atomic E-state index is 12.9. The maximum Gasteiger partial charge on any atom is 0.325 e. The normalized spacial score (nSPS) is 18.5. The Morgan fingerprint density at radius 3 is 2.59 bits per heavy atom. The zero-order valence-corrected chi connectivity index (χ0v) is 17.1. The highest BCUT2D eigenvalue weighted by Gasteiger charge is 2.49. The largest absolute Gasteiger partial charge is 0.489 e. The van der Waals surface area contributed by atoms with Crippen LogP contribution < -0.4 is 15.4 Å². The smallest absolute Gasteiger partial charge is 0.325 e. The van der Waals surface area contributed by atoms with Gasteiger partial charge in [0.1, 0.15) is 29.4 Å². The van der Waals surface area contributed by atoms with E-state index in [0.29, 0.717) is 28.1 Å². The molecule has 0 bridgehead atoms. The Labute approximate surface area is 171 Å². The van der Waals surface area contributed by atoms with E-state index in [1.54, 1.807) is 38.1 Å². The van der Waals surface area contributed by atoms with Crippen LogP contribution in [0.4, 0.5) is 9.93 Å². The van der Waals surface area contributed by atoms with Gasteiger partial charge in [0.2, 0.25) is 11.0 Å². The van der Waals surface area contributed by atoms with Crippen molar-refractivity contribution in [1.29, 1.82) is 0 Å². The Balaban J connectivity index is 1.69. The van der Waals surface area contributed by atoms with E-state index in [-0.39, 0.29) is 0 Å². The van der Waals surface area contributed by atoms with Gasteiger partial charge in [0.15, 0.2) is 0 Å². The van der Waals surface area contributed by atoms with E-state index in [1.165, 1.54) is 11.3 Å². The topological polar surface area (TPSA) is 114 Å². The average Bonchev–Trinajstić information content (AvgIpc) is 3.16. The van der Waals surface area contributed by atoms with E-state index in [0.717, 1.165) is 10.5 Å². The average molecular weight is 415 g/mol. The fraction of sp³-hybridized carbons (Fsp3) is 0.316. The highest BCUT2D eigenvalue weighted by atomic mass is 32.1. The third-order valence-electron chi connectivity index (χ3n) is 4.27.